The van der Waals surface area contributed by atoms with E-state index >= 15 is 0 Å². The van der Waals surface area contributed by atoms with Gasteiger partial charge in [0.25, 0.3) is 5.91 Å². The van der Waals surface area contributed by atoms with Gasteiger partial charge in [-0.3, -0.25) is 14.7 Å². The van der Waals surface area contributed by atoms with Crippen LogP contribution in [0.25, 0.3) is 0 Å². The summed E-state index contributed by atoms with van der Waals surface area (Å²) < 4.78 is 0. The Bertz CT molecular complexity index is 513. The van der Waals surface area contributed by atoms with Crippen LogP contribution in [0.2, 0.25) is 0 Å². The van der Waals surface area contributed by atoms with Crippen molar-refractivity contribution >= 4 is 11.8 Å². The van der Waals surface area contributed by atoms with E-state index in [0.717, 1.165) is 37.1 Å². The molecule has 0 unspecified atom stereocenters. The number of carbonyl (C=O) groups is 2. The van der Waals surface area contributed by atoms with Gasteiger partial charge in [-0.15, -0.1) is 0 Å². The molecule has 0 aromatic carbocycles. The summed E-state index contributed by atoms with van der Waals surface area (Å²) in [4.78, 5) is 23.8. The molecule has 0 radical (unpaired) electrons. The molecular weight excluding hydrogens is 282 g/mol. The summed E-state index contributed by atoms with van der Waals surface area (Å²) in [6, 6.07) is 0.355. The number of H-pyrrole nitrogens is 1. The Labute approximate surface area is 130 Å². The van der Waals surface area contributed by atoms with Gasteiger partial charge in [0.05, 0.1) is 11.3 Å². The zero-order valence-electron chi connectivity index (χ0n) is 13.2. The number of carbonyl (C=O) groups excluding carboxylic acids is 2. The van der Waals surface area contributed by atoms with Gasteiger partial charge in [-0.25, -0.2) is 0 Å². The molecular formula is C15H25N5O2. The third-order valence-electron chi connectivity index (χ3n) is 4.15. The maximum Gasteiger partial charge on any atom is 0.255 e. The topological polar surface area (TPSA) is 113 Å². The van der Waals surface area contributed by atoms with Gasteiger partial charge in [0.1, 0.15) is 0 Å². The van der Waals surface area contributed by atoms with E-state index in [9.17, 15) is 9.59 Å². The van der Waals surface area contributed by atoms with Crippen LogP contribution in [0, 0.1) is 13.8 Å². The van der Waals surface area contributed by atoms with Crippen molar-refractivity contribution in [2.75, 3.05) is 6.54 Å². The minimum Gasteiger partial charge on any atom is -0.353 e. The number of aromatic amines is 1. The summed E-state index contributed by atoms with van der Waals surface area (Å²) in [5, 5.41) is 12.9. The van der Waals surface area contributed by atoms with Crippen LogP contribution in [-0.4, -0.2) is 40.6 Å². The highest BCUT2D eigenvalue weighted by molar-refractivity contribution is 5.96. The van der Waals surface area contributed by atoms with Crippen molar-refractivity contribution in [1.82, 2.24) is 20.8 Å². The molecule has 0 bridgehead atoms. The molecule has 1 aromatic rings. The first kappa shape index (κ1) is 16.5. The lowest BCUT2D eigenvalue weighted by molar-refractivity contribution is -0.121. The second kappa shape index (κ2) is 7.40. The highest BCUT2D eigenvalue weighted by atomic mass is 16.2. The molecule has 22 heavy (non-hydrogen) atoms. The molecule has 0 aliphatic heterocycles. The van der Waals surface area contributed by atoms with E-state index in [0.29, 0.717) is 18.5 Å². The maximum atomic E-state index is 12.3. The van der Waals surface area contributed by atoms with Crippen molar-refractivity contribution < 1.29 is 9.59 Å². The predicted octanol–water partition coefficient (Wildman–Crippen LogP) is 0.533. The monoisotopic (exact) mass is 307 g/mol. The van der Waals surface area contributed by atoms with Crippen molar-refractivity contribution in [3.63, 3.8) is 0 Å². The third kappa shape index (κ3) is 4.07. The second-order valence-electron chi connectivity index (χ2n) is 5.94. The van der Waals surface area contributed by atoms with E-state index in [2.05, 4.69) is 20.8 Å². The maximum absolute atomic E-state index is 12.3. The molecule has 0 atom stereocenters. The van der Waals surface area contributed by atoms with Crippen LogP contribution in [0.15, 0.2) is 0 Å². The van der Waals surface area contributed by atoms with Crippen LogP contribution in [0.5, 0.6) is 0 Å². The fraction of sp³-hybridized carbons (Fsp3) is 0.667. The molecule has 1 saturated carbocycles. The van der Waals surface area contributed by atoms with Crippen LogP contribution in [0.3, 0.4) is 0 Å². The Balaban J connectivity index is 1.80. The van der Waals surface area contributed by atoms with Crippen LogP contribution < -0.4 is 16.4 Å². The number of hydrogen-bond donors (Lipinski definition) is 4. The third-order valence-corrected chi connectivity index (χ3v) is 4.15. The van der Waals surface area contributed by atoms with Gasteiger partial charge in [-0.1, -0.05) is 0 Å². The lowest BCUT2D eigenvalue weighted by Gasteiger charge is -2.29. The second-order valence-corrected chi connectivity index (χ2v) is 5.94. The molecule has 0 saturated heterocycles. The molecule has 2 amide bonds. The zero-order chi connectivity index (χ0) is 16.1. The average Bonchev–Trinajstić information content (AvgIpc) is 2.80. The summed E-state index contributed by atoms with van der Waals surface area (Å²) >= 11 is 0. The van der Waals surface area contributed by atoms with Gasteiger partial charge in [0.15, 0.2) is 0 Å². The SMILES string of the molecule is Cc1n[nH]c(C)c1C(=O)N[C@H]1CC[C@H](NC(=O)CCN)CC1. The summed E-state index contributed by atoms with van der Waals surface area (Å²) in [6.45, 7) is 4.04. The first-order chi connectivity index (χ1) is 10.5. The van der Waals surface area contributed by atoms with E-state index in [1.54, 1.807) is 0 Å². The Hall–Kier alpha value is -1.89. The van der Waals surface area contributed by atoms with Crippen LogP contribution in [0.4, 0.5) is 0 Å². The Morgan fingerprint density at radius 3 is 2.27 bits per heavy atom. The minimum absolute atomic E-state index is 0.0135. The van der Waals surface area contributed by atoms with E-state index in [-0.39, 0.29) is 23.9 Å². The first-order valence-corrected chi connectivity index (χ1v) is 7.83. The molecule has 2 rings (SSSR count). The smallest absolute Gasteiger partial charge is 0.255 e. The molecule has 5 N–H and O–H groups in total. The summed E-state index contributed by atoms with van der Waals surface area (Å²) in [5.74, 6) is -0.0565. The molecule has 1 aliphatic carbocycles. The summed E-state index contributed by atoms with van der Waals surface area (Å²) in [7, 11) is 0. The van der Waals surface area contributed by atoms with Gasteiger partial charge in [-0.05, 0) is 39.5 Å². The van der Waals surface area contributed by atoms with E-state index in [1.165, 1.54) is 0 Å². The first-order valence-electron chi connectivity index (χ1n) is 7.83. The van der Waals surface area contributed by atoms with E-state index in [1.807, 2.05) is 13.8 Å². The van der Waals surface area contributed by atoms with Crippen LogP contribution in [0.1, 0.15) is 53.8 Å². The lowest BCUT2D eigenvalue weighted by Crippen LogP contribution is -2.44. The number of nitrogens with zero attached hydrogens (tertiary/aromatic N) is 1. The molecule has 1 fully saturated rings. The Morgan fingerprint density at radius 2 is 1.77 bits per heavy atom. The zero-order valence-corrected chi connectivity index (χ0v) is 13.2. The molecule has 7 nitrogen and oxygen atoms in total. The standard InChI is InChI=1S/C15H25N5O2/c1-9-14(10(2)20-19-9)15(22)18-12-5-3-11(4-6-12)17-13(21)7-8-16/h11-12H,3-8,16H2,1-2H3,(H,17,21)(H,18,22)(H,19,20)/t11-,12-. The van der Waals surface area contributed by atoms with Crippen molar-refractivity contribution in [1.29, 1.82) is 0 Å². The summed E-state index contributed by atoms with van der Waals surface area (Å²) in [5.41, 5.74) is 7.51. The van der Waals surface area contributed by atoms with E-state index < -0.39 is 0 Å². The number of aromatic nitrogens is 2. The highest BCUT2D eigenvalue weighted by Crippen LogP contribution is 2.20. The normalized spacial score (nSPS) is 21.4. The fourth-order valence-corrected chi connectivity index (χ4v) is 2.96. The van der Waals surface area contributed by atoms with Crippen molar-refractivity contribution in [3.05, 3.63) is 17.0 Å². The van der Waals surface area contributed by atoms with Gasteiger partial charge in [0, 0.05) is 30.7 Å². The molecule has 122 valence electrons. The quantitative estimate of drug-likeness (QED) is 0.635. The van der Waals surface area contributed by atoms with Crippen molar-refractivity contribution in [2.24, 2.45) is 5.73 Å². The Kier molecular flexibility index (Phi) is 5.54. The minimum atomic E-state index is -0.0700. The lowest BCUT2D eigenvalue weighted by atomic mass is 9.91. The van der Waals surface area contributed by atoms with Crippen molar-refractivity contribution in [2.45, 2.75) is 58.0 Å². The number of rotatable bonds is 5. The van der Waals surface area contributed by atoms with Crippen LogP contribution in [-0.2, 0) is 4.79 Å². The Morgan fingerprint density at radius 1 is 1.18 bits per heavy atom. The highest BCUT2D eigenvalue weighted by Gasteiger charge is 2.25. The van der Waals surface area contributed by atoms with E-state index in [4.69, 9.17) is 5.73 Å². The van der Waals surface area contributed by atoms with Crippen LogP contribution >= 0.6 is 0 Å². The van der Waals surface area contributed by atoms with Gasteiger partial charge < -0.3 is 16.4 Å². The fourth-order valence-electron chi connectivity index (χ4n) is 2.96. The van der Waals surface area contributed by atoms with Crippen molar-refractivity contribution in [3.8, 4) is 0 Å². The molecule has 1 heterocycles. The number of nitrogens with one attached hydrogen (secondary N) is 3. The van der Waals surface area contributed by atoms with Gasteiger partial charge in [0.2, 0.25) is 5.91 Å². The molecule has 1 aliphatic rings. The number of nitrogens with two attached hydrogens (primary N) is 1. The number of hydrogen-bond acceptors (Lipinski definition) is 4. The number of amides is 2. The summed E-state index contributed by atoms with van der Waals surface area (Å²) in [6.07, 6.45) is 3.87. The predicted molar refractivity (Wildman–Crippen MR) is 83.4 cm³/mol. The molecule has 7 heteroatoms. The number of aryl methyl sites for hydroxylation is 2. The average molecular weight is 307 g/mol. The largest absolute Gasteiger partial charge is 0.353 e. The molecule has 1 aromatic heterocycles. The molecule has 0 spiro atoms. The van der Waals surface area contributed by atoms with Gasteiger partial charge in [-0.2, -0.15) is 5.10 Å². The van der Waals surface area contributed by atoms with Gasteiger partial charge >= 0.3 is 0 Å².